The highest BCUT2D eigenvalue weighted by atomic mass is 35.5. The van der Waals surface area contributed by atoms with E-state index < -0.39 is 16.7 Å². The summed E-state index contributed by atoms with van der Waals surface area (Å²) < 4.78 is 37.6. The number of hydrogen-bond donors (Lipinski definition) is 1. The molecule has 1 rings (SSSR count). The quantitative estimate of drug-likeness (QED) is 0.835. The second-order valence-electron chi connectivity index (χ2n) is 3.20. The zero-order valence-corrected chi connectivity index (χ0v) is 10.4. The summed E-state index contributed by atoms with van der Waals surface area (Å²) in [5.41, 5.74) is 0.195. The number of nitriles is 1. The van der Waals surface area contributed by atoms with Crippen LogP contribution in [-0.4, -0.2) is 21.6 Å². The molecule has 0 fully saturated rings. The van der Waals surface area contributed by atoms with E-state index in [9.17, 15) is 12.8 Å². The van der Waals surface area contributed by atoms with Gasteiger partial charge in [-0.05, 0) is 24.6 Å². The van der Waals surface area contributed by atoms with Crippen molar-refractivity contribution in [2.75, 3.05) is 13.2 Å². The van der Waals surface area contributed by atoms with Crippen molar-refractivity contribution in [3.8, 4) is 6.07 Å². The van der Waals surface area contributed by atoms with Gasteiger partial charge < -0.3 is 0 Å². The number of rotatable bonds is 5. The lowest BCUT2D eigenvalue weighted by atomic mass is 10.2. The Morgan fingerprint density at radius 1 is 1.47 bits per heavy atom. The van der Waals surface area contributed by atoms with Gasteiger partial charge in [-0.15, -0.1) is 0 Å². The summed E-state index contributed by atoms with van der Waals surface area (Å²) >= 11 is 5.75. The Hall–Kier alpha value is -1.16. The Balaban J connectivity index is 3.02. The first kappa shape index (κ1) is 13.9. The summed E-state index contributed by atoms with van der Waals surface area (Å²) in [6.07, 6.45) is 0.0921. The first-order valence-corrected chi connectivity index (χ1v) is 6.62. The Morgan fingerprint density at radius 2 is 2.18 bits per heavy atom. The lowest BCUT2D eigenvalue weighted by Gasteiger charge is -2.07. The van der Waals surface area contributed by atoms with Gasteiger partial charge in [0.1, 0.15) is 4.90 Å². The van der Waals surface area contributed by atoms with Crippen LogP contribution in [0.2, 0.25) is 5.02 Å². The fraction of sp³-hybridized carbons (Fsp3) is 0.300. The fourth-order valence-electron chi connectivity index (χ4n) is 1.13. The van der Waals surface area contributed by atoms with Gasteiger partial charge in [-0.1, -0.05) is 11.6 Å². The Kier molecular flexibility index (Phi) is 4.87. The van der Waals surface area contributed by atoms with Crippen LogP contribution in [0.4, 0.5) is 4.39 Å². The van der Waals surface area contributed by atoms with E-state index >= 15 is 0 Å². The van der Waals surface area contributed by atoms with Crippen molar-refractivity contribution >= 4 is 21.6 Å². The molecule has 0 radical (unpaired) electrons. The second-order valence-corrected chi connectivity index (χ2v) is 5.34. The number of alkyl halides is 1. The fourth-order valence-corrected chi connectivity index (χ4v) is 2.73. The van der Waals surface area contributed by atoms with Crippen LogP contribution in [0.15, 0.2) is 23.1 Å². The smallest absolute Gasteiger partial charge is 0.242 e. The van der Waals surface area contributed by atoms with Gasteiger partial charge in [-0.25, -0.2) is 13.1 Å². The van der Waals surface area contributed by atoms with E-state index in [-0.39, 0.29) is 28.4 Å². The molecule has 17 heavy (non-hydrogen) atoms. The first-order chi connectivity index (χ1) is 8.01. The molecule has 0 aromatic heterocycles. The third-order valence-corrected chi connectivity index (χ3v) is 3.89. The standard InChI is InChI=1S/C10H10ClFN2O2S/c11-9-3-2-8(7-13)6-10(9)17(15,16)14-5-1-4-12/h2-3,6,14H,1,4-5H2. The van der Waals surface area contributed by atoms with Gasteiger partial charge in [0.15, 0.2) is 0 Å². The molecule has 0 saturated heterocycles. The molecular weight excluding hydrogens is 267 g/mol. The SMILES string of the molecule is N#Cc1ccc(Cl)c(S(=O)(=O)NCCCF)c1. The summed E-state index contributed by atoms with van der Waals surface area (Å²) in [6.45, 7) is -0.611. The van der Waals surface area contributed by atoms with Crippen LogP contribution < -0.4 is 4.72 Å². The van der Waals surface area contributed by atoms with Crippen LogP contribution in [0.3, 0.4) is 0 Å². The molecule has 0 aliphatic carbocycles. The highest BCUT2D eigenvalue weighted by Crippen LogP contribution is 2.22. The molecule has 92 valence electrons. The number of sulfonamides is 1. The third kappa shape index (κ3) is 3.66. The van der Waals surface area contributed by atoms with Crippen molar-refractivity contribution in [3.05, 3.63) is 28.8 Å². The molecule has 4 nitrogen and oxygen atoms in total. The highest BCUT2D eigenvalue weighted by Gasteiger charge is 2.17. The van der Waals surface area contributed by atoms with Crippen molar-refractivity contribution in [3.63, 3.8) is 0 Å². The minimum Gasteiger partial charge on any atom is -0.251 e. The number of nitrogens with zero attached hydrogens (tertiary/aromatic N) is 1. The summed E-state index contributed by atoms with van der Waals surface area (Å²) in [6, 6.07) is 5.76. The number of benzene rings is 1. The van der Waals surface area contributed by atoms with Gasteiger partial charge >= 0.3 is 0 Å². The van der Waals surface area contributed by atoms with Crippen molar-refractivity contribution in [2.45, 2.75) is 11.3 Å². The molecule has 0 amide bonds. The van der Waals surface area contributed by atoms with Crippen molar-refractivity contribution in [1.82, 2.24) is 4.72 Å². The molecule has 0 saturated carbocycles. The van der Waals surface area contributed by atoms with Crippen LogP contribution >= 0.6 is 11.6 Å². The van der Waals surface area contributed by atoms with Crippen LogP contribution in [-0.2, 0) is 10.0 Å². The zero-order chi connectivity index (χ0) is 12.9. The van der Waals surface area contributed by atoms with Crippen molar-refractivity contribution in [2.24, 2.45) is 0 Å². The number of nitrogens with one attached hydrogen (secondary N) is 1. The predicted molar refractivity (Wildman–Crippen MR) is 61.9 cm³/mol. The Morgan fingerprint density at radius 3 is 2.76 bits per heavy atom. The van der Waals surface area contributed by atoms with Gasteiger partial charge in [-0.2, -0.15) is 5.26 Å². The average molecular weight is 277 g/mol. The van der Waals surface area contributed by atoms with Crippen LogP contribution in [0.1, 0.15) is 12.0 Å². The number of halogens is 2. The molecule has 1 aromatic carbocycles. The van der Waals surface area contributed by atoms with Crippen molar-refractivity contribution in [1.29, 1.82) is 5.26 Å². The molecule has 0 unspecified atom stereocenters. The van der Waals surface area contributed by atoms with E-state index in [1.807, 2.05) is 6.07 Å². The highest BCUT2D eigenvalue weighted by molar-refractivity contribution is 7.89. The molecule has 0 heterocycles. The van der Waals surface area contributed by atoms with Crippen LogP contribution in [0, 0.1) is 11.3 Å². The lowest BCUT2D eigenvalue weighted by molar-refractivity contribution is 0.470. The van der Waals surface area contributed by atoms with E-state index in [0.29, 0.717) is 0 Å². The largest absolute Gasteiger partial charge is 0.251 e. The van der Waals surface area contributed by atoms with E-state index in [1.165, 1.54) is 18.2 Å². The topological polar surface area (TPSA) is 70.0 Å². The van der Waals surface area contributed by atoms with Crippen LogP contribution in [0.25, 0.3) is 0 Å². The van der Waals surface area contributed by atoms with Crippen molar-refractivity contribution < 1.29 is 12.8 Å². The zero-order valence-electron chi connectivity index (χ0n) is 8.78. The lowest BCUT2D eigenvalue weighted by Crippen LogP contribution is -2.25. The molecule has 0 spiro atoms. The molecule has 0 bridgehead atoms. The van der Waals surface area contributed by atoms with E-state index in [1.54, 1.807) is 0 Å². The normalized spacial score (nSPS) is 11.1. The van der Waals surface area contributed by atoms with Crippen LogP contribution in [0.5, 0.6) is 0 Å². The second kappa shape index (κ2) is 5.96. The monoisotopic (exact) mass is 276 g/mol. The van der Waals surface area contributed by atoms with E-state index in [2.05, 4.69) is 4.72 Å². The molecule has 1 N–H and O–H groups in total. The number of hydrogen-bond acceptors (Lipinski definition) is 3. The molecular formula is C10H10ClFN2O2S. The van der Waals surface area contributed by atoms with Gasteiger partial charge in [0, 0.05) is 6.54 Å². The molecule has 1 aromatic rings. The minimum atomic E-state index is -3.80. The van der Waals surface area contributed by atoms with Gasteiger partial charge in [0.2, 0.25) is 10.0 Å². The molecule has 7 heteroatoms. The molecule has 0 aliphatic rings. The summed E-state index contributed by atoms with van der Waals surface area (Å²) in [5, 5.41) is 8.70. The minimum absolute atomic E-state index is 0.00799. The van der Waals surface area contributed by atoms with Gasteiger partial charge in [-0.3, -0.25) is 4.39 Å². The van der Waals surface area contributed by atoms with Gasteiger partial charge in [0.25, 0.3) is 0 Å². The maximum absolute atomic E-state index is 11.9. The van der Waals surface area contributed by atoms with E-state index in [4.69, 9.17) is 16.9 Å². The Labute approximate surface area is 104 Å². The molecule has 0 aliphatic heterocycles. The summed E-state index contributed by atoms with van der Waals surface area (Å²) in [4.78, 5) is -0.169. The predicted octanol–water partition coefficient (Wildman–Crippen LogP) is 1.85. The Bertz CT molecular complexity index is 540. The first-order valence-electron chi connectivity index (χ1n) is 4.76. The molecule has 0 atom stereocenters. The maximum atomic E-state index is 11.9. The van der Waals surface area contributed by atoms with Gasteiger partial charge in [0.05, 0.1) is 23.3 Å². The average Bonchev–Trinajstić information content (AvgIpc) is 2.29. The summed E-state index contributed by atoms with van der Waals surface area (Å²) in [5.74, 6) is 0. The summed E-state index contributed by atoms with van der Waals surface area (Å²) in [7, 11) is -3.80. The maximum Gasteiger partial charge on any atom is 0.242 e. The van der Waals surface area contributed by atoms with E-state index in [0.717, 1.165) is 0 Å². The third-order valence-electron chi connectivity index (χ3n) is 1.95.